The number of aromatic amines is 1. The first-order chi connectivity index (χ1) is 10.3. The van der Waals surface area contributed by atoms with Crippen LogP contribution in [0.25, 0.3) is 11.5 Å². The Bertz CT molecular complexity index is 757. The highest BCUT2D eigenvalue weighted by atomic mass is 32.2. The highest BCUT2D eigenvalue weighted by Gasteiger charge is 2.12. The predicted octanol–water partition coefficient (Wildman–Crippen LogP) is 2.52. The van der Waals surface area contributed by atoms with Gasteiger partial charge in [-0.1, -0.05) is 23.8 Å². The maximum absolute atomic E-state index is 11.6. The van der Waals surface area contributed by atoms with Crippen LogP contribution in [0.4, 0.5) is 0 Å². The zero-order chi connectivity index (χ0) is 14.7. The molecule has 8 heteroatoms. The molecule has 0 radical (unpaired) electrons. The van der Waals surface area contributed by atoms with Crippen molar-refractivity contribution in [2.45, 2.75) is 30.8 Å². The molecule has 3 aromatic rings. The van der Waals surface area contributed by atoms with Crippen LogP contribution in [0.3, 0.4) is 0 Å². The molecule has 0 saturated carbocycles. The van der Waals surface area contributed by atoms with Gasteiger partial charge in [0.1, 0.15) is 0 Å². The van der Waals surface area contributed by atoms with Crippen LogP contribution in [0.5, 0.6) is 0 Å². The molecule has 0 bridgehead atoms. The number of furan rings is 1. The molecule has 0 atom stereocenters. The van der Waals surface area contributed by atoms with E-state index in [-0.39, 0.29) is 5.69 Å². The van der Waals surface area contributed by atoms with Crippen molar-refractivity contribution in [3.05, 3.63) is 40.6 Å². The molecule has 3 aromatic heterocycles. The normalized spacial score (nSPS) is 11.1. The second kappa shape index (κ2) is 6.04. The lowest BCUT2D eigenvalue weighted by atomic mass is 10.3. The van der Waals surface area contributed by atoms with Gasteiger partial charge in [0.15, 0.2) is 10.9 Å². The van der Waals surface area contributed by atoms with Crippen LogP contribution in [0.2, 0.25) is 0 Å². The molecule has 0 unspecified atom stereocenters. The molecule has 0 spiro atoms. The Hall–Kier alpha value is -2.22. The maximum atomic E-state index is 11.6. The Labute approximate surface area is 124 Å². The zero-order valence-corrected chi connectivity index (χ0v) is 12.2. The van der Waals surface area contributed by atoms with Gasteiger partial charge in [-0.05, 0) is 18.6 Å². The third kappa shape index (κ3) is 2.94. The van der Waals surface area contributed by atoms with Crippen molar-refractivity contribution < 1.29 is 8.94 Å². The summed E-state index contributed by atoms with van der Waals surface area (Å²) in [6, 6.07) is 5.42. The van der Waals surface area contributed by atoms with Crippen LogP contribution in [0, 0.1) is 0 Å². The molecular formula is C13H14N4O3S. The minimum absolute atomic E-state index is 0.184. The van der Waals surface area contributed by atoms with Crippen LogP contribution in [0.1, 0.15) is 19.0 Å². The average Bonchev–Trinajstić information content (AvgIpc) is 3.19. The minimum Gasteiger partial charge on any atom is -0.461 e. The Balaban J connectivity index is 1.70. The zero-order valence-electron chi connectivity index (χ0n) is 11.4. The molecule has 0 aliphatic rings. The summed E-state index contributed by atoms with van der Waals surface area (Å²) in [5.41, 5.74) is 0.584. The van der Waals surface area contributed by atoms with E-state index in [1.807, 2.05) is 19.1 Å². The fourth-order valence-electron chi connectivity index (χ4n) is 1.89. The highest BCUT2D eigenvalue weighted by molar-refractivity contribution is 7.98. The Morgan fingerprint density at radius 3 is 3.10 bits per heavy atom. The molecule has 0 aliphatic carbocycles. The summed E-state index contributed by atoms with van der Waals surface area (Å²) >= 11 is 1.44. The van der Waals surface area contributed by atoms with E-state index < -0.39 is 0 Å². The second-order valence-corrected chi connectivity index (χ2v) is 5.35. The van der Waals surface area contributed by atoms with Crippen molar-refractivity contribution in [2.24, 2.45) is 0 Å². The summed E-state index contributed by atoms with van der Waals surface area (Å²) in [5.74, 6) is 1.79. The van der Waals surface area contributed by atoms with Gasteiger partial charge in [-0.15, -0.1) is 5.10 Å². The molecule has 7 nitrogen and oxygen atoms in total. The van der Waals surface area contributed by atoms with Gasteiger partial charge in [0, 0.05) is 18.4 Å². The number of nitrogens with one attached hydrogen (secondary N) is 1. The summed E-state index contributed by atoms with van der Waals surface area (Å²) in [6.45, 7) is 2.66. The van der Waals surface area contributed by atoms with Crippen molar-refractivity contribution in [2.75, 3.05) is 0 Å². The maximum Gasteiger partial charge on any atom is 0.343 e. The van der Waals surface area contributed by atoms with Gasteiger partial charge < -0.3 is 8.94 Å². The van der Waals surface area contributed by atoms with Gasteiger partial charge in [-0.25, -0.2) is 9.89 Å². The number of hydrogen-bond donors (Lipinski definition) is 1. The second-order valence-electron chi connectivity index (χ2n) is 4.41. The predicted molar refractivity (Wildman–Crippen MR) is 76.9 cm³/mol. The SMILES string of the molecule is CCCn1c(SCc2cc(-c3ccco3)on2)n[nH]c1=O. The van der Waals surface area contributed by atoms with Crippen LogP contribution < -0.4 is 5.69 Å². The first kappa shape index (κ1) is 13.7. The lowest BCUT2D eigenvalue weighted by Crippen LogP contribution is -2.17. The van der Waals surface area contributed by atoms with Crippen LogP contribution in [-0.4, -0.2) is 19.9 Å². The summed E-state index contributed by atoms with van der Waals surface area (Å²) in [5, 5.41) is 11.1. The van der Waals surface area contributed by atoms with Gasteiger partial charge in [-0.2, -0.15) is 0 Å². The third-order valence-electron chi connectivity index (χ3n) is 2.84. The molecular weight excluding hydrogens is 292 g/mol. The average molecular weight is 306 g/mol. The molecule has 0 amide bonds. The van der Waals surface area contributed by atoms with Gasteiger partial charge in [0.05, 0.1) is 12.0 Å². The lowest BCUT2D eigenvalue weighted by molar-refractivity contribution is 0.413. The van der Waals surface area contributed by atoms with Gasteiger partial charge >= 0.3 is 5.69 Å². The quantitative estimate of drug-likeness (QED) is 0.704. The van der Waals surface area contributed by atoms with Crippen molar-refractivity contribution >= 4 is 11.8 Å². The molecule has 21 heavy (non-hydrogen) atoms. The molecule has 1 N–H and O–H groups in total. The van der Waals surface area contributed by atoms with Crippen molar-refractivity contribution in [3.63, 3.8) is 0 Å². The number of rotatable bonds is 6. The molecule has 3 rings (SSSR count). The number of nitrogens with zero attached hydrogens (tertiary/aromatic N) is 3. The highest BCUT2D eigenvalue weighted by Crippen LogP contribution is 2.24. The number of aromatic nitrogens is 4. The van der Waals surface area contributed by atoms with E-state index in [1.54, 1.807) is 16.9 Å². The van der Waals surface area contributed by atoms with Gasteiger partial charge in [0.2, 0.25) is 5.76 Å². The van der Waals surface area contributed by atoms with E-state index >= 15 is 0 Å². The van der Waals surface area contributed by atoms with E-state index in [4.69, 9.17) is 8.94 Å². The van der Waals surface area contributed by atoms with Crippen LogP contribution in [-0.2, 0) is 12.3 Å². The first-order valence-electron chi connectivity index (χ1n) is 6.55. The Kier molecular flexibility index (Phi) is 3.96. The lowest BCUT2D eigenvalue weighted by Gasteiger charge is -2.01. The van der Waals surface area contributed by atoms with E-state index in [0.717, 1.165) is 12.1 Å². The van der Waals surface area contributed by atoms with E-state index in [1.165, 1.54) is 11.8 Å². The minimum atomic E-state index is -0.184. The monoisotopic (exact) mass is 306 g/mol. The molecule has 110 valence electrons. The van der Waals surface area contributed by atoms with E-state index in [9.17, 15) is 4.79 Å². The summed E-state index contributed by atoms with van der Waals surface area (Å²) < 4.78 is 12.1. The standard InChI is InChI=1S/C13H14N4O3S/c1-2-5-17-12(18)14-15-13(17)21-8-9-7-11(20-16-9)10-4-3-6-19-10/h3-4,6-7H,2,5,8H2,1H3,(H,14,18). The van der Waals surface area contributed by atoms with Crippen molar-refractivity contribution in [1.29, 1.82) is 0 Å². The van der Waals surface area contributed by atoms with Gasteiger partial charge in [-0.3, -0.25) is 4.57 Å². The molecule has 0 fully saturated rings. The van der Waals surface area contributed by atoms with Crippen molar-refractivity contribution in [1.82, 2.24) is 19.9 Å². The molecule has 0 saturated heterocycles. The van der Waals surface area contributed by atoms with E-state index in [0.29, 0.717) is 29.0 Å². The molecule has 3 heterocycles. The van der Waals surface area contributed by atoms with Crippen molar-refractivity contribution in [3.8, 4) is 11.5 Å². The number of hydrogen-bond acceptors (Lipinski definition) is 6. The van der Waals surface area contributed by atoms with Crippen LogP contribution >= 0.6 is 11.8 Å². The molecule has 0 aliphatic heterocycles. The molecule has 0 aromatic carbocycles. The topological polar surface area (TPSA) is 89.8 Å². The first-order valence-corrected chi connectivity index (χ1v) is 7.54. The number of H-pyrrole nitrogens is 1. The summed E-state index contributed by atoms with van der Waals surface area (Å²) in [6.07, 6.45) is 2.46. The smallest absolute Gasteiger partial charge is 0.343 e. The third-order valence-corrected chi connectivity index (χ3v) is 3.85. The largest absolute Gasteiger partial charge is 0.461 e. The Morgan fingerprint density at radius 2 is 2.33 bits per heavy atom. The summed E-state index contributed by atoms with van der Waals surface area (Å²) in [7, 11) is 0. The summed E-state index contributed by atoms with van der Waals surface area (Å²) in [4.78, 5) is 11.6. The number of thioether (sulfide) groups is 1. The fraction of sp³-hybridized carbons (Fsp3) is 0.308. The van der Waals surface area contributed by atoms with E-state index in [2.05, 4.69) is 15.4 Å². The fourth-order valence-corrected chi connectivity index (χ4v) is 2.74. The van der Waals surface area contributed by atoms with Gasteiger partial charge in [0.25, 0.3) is 0 Å². The Morgan fingerprint density at radius 1 is 1.43 bits per heavy atom. The van der Waals surface area contributed by atoms with Crippen LogP contribution in [0.15, 0.2) is 43.4 Å².